The van der Waals surface area contributed by atoms with Crippen LogP contribution in [0.25, 0.3) is 0 Å². The van der Waals surface area contributed by atoms with E-state index in [4.69, 9.17) is 5.73 Å². The molecular weight excluding hydrogens is 162 g/mol. The zero-order chi connectivity index (χ0) is 10.3. The summed E-state index contributed by atoms with van der Waals surface area (Å²) in [7, 11) is 0. The highest BCUT2D eigenvalue weighted by atomic mass is 16.1. The summed E-state index contributed by atoms with van der Waals surface area (Å²) in [5, 5.41) is 0. The first-order valence-corrected chi connectivity index (χ1v) is 4.42. The van der Waals surface area contributed by atoms with E-state index in [-0.39, 0.29) is 0 Å². The van der Waals surface area contributed by atoms with E-state index in [2.05, 4.69) is 20.4 Å². The zero-order valence-corrected chi connectivity index (χ0v) is 8.29. The molecule has 72 valence electrons. The Labute approximate surface area is 79.8 Å². The van der Waals surface area contributed by atoms with Gasteiger partial charge >= 0.3 is 0 Å². The van der Waals surface area contributed by atoms with Crippen molar-refractivity contribution in [3.63, 3.8) is 0 Å². The molecule has 1 atom stereocenters. The molecule has 2 N–H and O–H groups in total. The van der Waals surface area contributed by atoms with E-state index >= 15 is 0 Å². The van der Waals surface area contributed by atoms with Crippen molar-refractivity contribution in [3.8, 4) is 0 Å². The third-order valence-electron chi connectivity index (χ3n) is 1.83. The van der Waals surface area contributed by atoms with Gasteiger partial charge in [0.2, 0.25) is 5.91 Å². The van der Waals surface area contributed by atoms with Gasteiger partial charge in [-0.1, -0.05) is 51.2 Å². The number of nitrogens with two attached hydrogens (primary N) is 1. The third kappa shape index (κ3) is 5.01. The normalized spacial score (nSPS) is 14.5. The van der Waals surface area contributed by atoms with Gasteiger partial charge in [0, 0.05) is 5.57 Å². The average Bonchev–Trinajstić information content (AvgIpc) is 2.11. The first-order valence-electron chi connectivity index (χ1n) is 4.42. The lowest BCUT2D eigenvalue weighted by atomic mass is 10.1. The smallest absolute Gasteiger partial charge is 0.248 e. The minimum absolute atomic E-state index is 0.417. The van der Waals surface area contributed by atoms with E-state index < -0.39 is 5.91 Å². The summed E-state index contributed by atoms with van der Waals surface area (Å²) in [5.41, 5.74) is 5.64. The van der Waals surface area contributed by atoms with Crippen LogP contribution in [0.15, 0.2) is 36.5 Å². The highest BCUT2D eigenvalue weighted by Crippen LogP contribution is 2.05. The van der Waals surface area contributed by atoms with Crippen molar-refractivity contribution in [2.75, 3.05) is 0 Å². The molecule has 0 bridgehead atoms. The van der Waals surface area contributed by atoms with Crippen LogP contribution in [0.2, 0.25) is 0 Å². The second-order valence-corrected chi connectivity index (χ2v) is 2.97. The monoisotopic (exact) mass is 179 g/mol. The van der Waals surface area contributed by atoms with Crippen LogP contribution in [0.4, 0.5) is 0 Å². The molecule has 0 aromatic carbocycles. The van der Waals surface area contributed by atoms with E-state index in [1.165, 1.54) is 0 Å². The Morgan fingerprint density at radius 2 is 2.23 bits per heavy atom. The van der Waals surface area contributed by atoms with Crippen LogP contribution in [0.1, 0.15) is 20.3 Å². The molecule has 2 nitrogen and oxygen atoms in total. The van der Waals surface area contributed by atoms with Crippen molar-refractivity contribution in [1.82, 2.24) is 0 Å². The molecule has 0 aliphatic rings. The Balaban J connectivity index is 4.43. The average molecular weight is 179 g/mol. The molecule has 0 spiro atoms. The number of rotatable bonds is 5. The second kappa shape index (κ2) is 6.23. The van der Waals surface area contributed by atoms with Crippen molar-refractivity contribution < 1.29 is 4.79 Å². The molecule has 0 aromatic rings. The van der Waals surface area contributed by atoms with Crippen molar-refractivity contribution in [2.24, 2.45) is 11.7 Å². The van der Waals surface area contributed by atoms with E-state index in [1.54, 1.807) is 18.2 Å². The molecule has 0 aliphatic carbocycles. The molecule has 1 unspecified atom stereocenters. The van der Waals surface area contributed by atoms with E-state index in [0.29, 0.717) is 11.5 Å². The lowest BCUT2D eigenvalue weighted by Crippen LogP contribution is -2.12. The number of carbonyl (C=O) groups is 1. The zero-order valence-electron chi connectivity index (χ0n) is 8.29. The van der Waals surface area contributed by atoms with Crippen LogP contribution in [0.5, 0.6) is 0 Å². The molecule has 0 fully saturated rings. The number of hydrogen-bond acceptors (Lipinski definition) is 1. The van der Waals surface area contributed by atoms with Gasteiger partial charge in [0.05, 0.1) is 0 Å². The fraction of sp³-hybridized carbons (Fsp3) is 0.364. The largest absolute Gasteiger partial charge is 0.366 e. The molecule has 0 rings (SSSR count). The predicted octanol–water partition coefficient (Wildman–Crippen LogP) is 2.19. The number of carbonyl (C=O) groups excluding carboxylic acids is 1. The Morgan fingerprint density at radius 3 is 2.62 bits per heavy atom. The van der Waals surface area contributed by atoms with Gasteiger partial charge in [0.15, 0.2) is 0 Å². The van der Waals surface area contributed by atoms with Crippen LogP contribution in [0.3, 0.4) is 0 Å². The van der Waals surface area contributed by atoms with Crippen LogP contribution in [0, 0.1) is 5.92 Å². The third-order valence-corrected chi connectivity index (χ3v) is 1.83. The molecule has 0 saturated carbocycles. The summed E-state index contributed by atoms with van der Waals surface area (Å²) >= 11 is 0. The van der Waals surface area contributed by atoms with Crippen molar-refractivity contribution >= 4 is 5.91 Å². The van der Waals surface area contributed by atoms with Gasteiger partial charge in [0.1, 0.15) is 0 Å². The summed E-state index contributed by atoms with van der Waals surface area (Å²) in [6, 6.07) is 0. The van der Waals surface area contributed by atoms with Crippen molar-refractivity contribution in [2.45, 2.75) is 20.3 Å². The van der Waals surface area contributed by atoms with Crippen LogP contribution in [-0.4, -0.2) is 5.91 Å². The maximum Gasteiger partial charge on any atom is 0.248 e. The lowest BCUT2D eigenvalue weighted by Gasteiger charge is -1.99. The van der Waals surface area contributed by atoms with E-state index in [9.17, 15) is 4.79 Å². The predicted molar refractivity (Wildman–Crippen MR) is 56.1 cm³/mol. The second-order valence-electron chi connectivity index (χ2n) is 2.97. The first-order chi connectivity index (χ1) is 6.11. The van der Waals surface area contributed by atoms with Gasteiger partial charge in [-0.3, -0.25) is 4.79 Å². The summed E-state index contributed by atoms with van der Waals surface area (Å²) in [5.74, 6) is 0.0482. The minimum Gasteiger partial charge on any atom is -0.366 e. The molecule has 0 radical (unpaired) electrons. The molecule has 2 heteroatoms. The Morgan fingerprint density at radius 1 is 1.62 bits per heavy atom. The van der Waals surface area contributed by atoms with Crippen molar-refractivity contribution in [1.29, 1.82) is 0 Å². The summed E-state index contributed by atoms with van der Waals surface area (Å²) < 4.78 is 0. The van der Waals surface area contributed by atoms with E-state index in [0.717, 1.165) is 6.42 Å². The van der Waals surface area contributed by atoms with Gasteiger partial charge in [0.25, 0.3) is 0 Å². The van der Waals surface area contributed by atoms with Gasteiger partial charge in [-0.25, -0.2) is 0 Å². The molecule has 0 saturated heterocycles. The summed E-state index contributed by atoms with van der Waals surface area (Å²) in [6.07, 6.45) is 7.94. The maximum atomic E-state index is 10.8. The fourth-order valence-electron chi connectivity index (χ4n) is 0.751. The SMILES string of the molecule is C=CC=C(C=CC(C)CC)C(N)=O. The first kappa shape index (κ1) is 11.7. The molecule has 1 amide bonds. The number of hydrogen-bond donors (Lipinski definition) is 1. The molecule has 0 heterocycles. The molecular formula is C11H17NO. The van der Waals surface area contributed by atoms with Crippen molar-refractivity contribution in [3.05, 3.63) is 36.5 Å². The molecule has 0 aliphatic heterocycles. The van der Waals surface area contributed by atoms with Gasteiger partial charge in [-0.05, 0) is 5.92 Å². The van der Waals surface area contributed by atoms with Crippen LogP contribution >= 0.6 is 0 Å². The minimum atomic E-state index is -0.417. The van der Waals surface area contributed by atoms with Crippen LogP contribution in [-0.2, 0) is 4.79 Å². The Hall–Kier alpha value is -1.31. The van der Waals surface area contributed by atoms with Gasteiger partial charge in [-0.2, -0.15) is 0 Å². The van der Waals surface area contributed by atoms with Gasteiger partial charge < -0.3 is 5.73 Å². The Kier molecular flexibility index (Phi) is 5.60. The molecule has 0 aromatic heterocycles. The summed E-state index contributed by atoms with van der Waals surface area (Å²) in [4.78, 5) is 10.8. The topological polar surface area (TPSA) is 43.1 Å². The fourth-order valence-corrected chi connectivity index (χ4v) is 0.751. The number of amides is 1. The summed E-state index contributed by atoms with van der Waals surface area (Å²) in [6.45, 7) is 7.69. The highest BCUT2D eigenvalue weighted by Gasteiger charge is 1.99. The standard InChI is InChI=1S/C11H17NO/c1-4-6-10(11(12)13)8-7-9(3)5-2/h4,6-9H,1,5H2,2-3H3,(H2,12,13). The van der Waals surface area contributed by atoms with Gasteiger partial charge in [-0.15, -0.1) is 0 Å². The lowest BCUT2D eigenvalue weighted by molar-refractivity contribution is -0.114. The quantitative estimate of drug-likeness (QED) is 0.510. The number of allylic oxidation sites excluding steroid dienone is 3. The Bertz CT molecular complexity index is 238. The molecule has 13 heavy (non-hydrogen) atoms. The highest BCUT2D eigenvalue weighted by molar-refractivity contribution is 5.95. The van der Waals surface area contributed by atoms with E-state index in [1.807, 2.05) is 6.08 Å². The van der Waals surface area contributed by atoms with Crippen LogP contribution < -0.4 is 5.73 Å². The maximum absolute atomic E-state index is 10.8. The number of primary amides is 1.